The van der Waals surface area contributed by atoms with Gasteiger partial charge in [-0.1, -0.05) is 123 Å². The Kier molecular flexibility index (Phi) is 20.4. The van der Waals surface area contributed by atoms with E-state index in [1.54, 1.807) is 18.3 Å². The molecule has 2 aromatic rings. The lowest BCUT2D eigenvalue weighted by molar-refractivity contribution is 0.346. The van der Waals surface area contributed by atoms with Crippen molar-refractivity contribution in [1.29, 1.82) is 5.26 Å². The van der Waals surface area contributed by atoms with E-state index in [0.717, 1.165) is 41.3 Å². The van der Waals surface area contributed by atoms with Gasteiger partial charge in [-0.25, -0.2) is 4.39 Å². The Bertz CT molecular complexity index is 1150. The fraction of sp³-hybridized carbons (Fsp3) is 0.474. The van der Waals surface area contributed by atoms with Crippen molar-refractivity contribution in [2.75, 3.05) is 7.05 Å². The molecule has 230 valence electrons. The van der Waals surface area contributed by atoms with Crippen molar-refractivity contribution in [2.24, 2.45) is 11.3 Å². The minimum Gasteiger partial charge on any atom is -0.388 e. The fourth-order valence-electron chi connectivity index (χ4n) is 4.34. The number of halogens is 1. The topological polar surface area (TPSA) is 48.7 Å². The third-order valence-corrected chi connectivity index (χ3v) is 7.18. The third-order valence-electron chi connectivity index (χ3n) is 7.18. The Morgan fingerprint density at radius 2 is 1.74 bits per heavy atom. The lowest BCUT2D eigenvalue weighted by Crippen LogP contribution is -2.14. The molecule has 3 nitrogen and oxygen atoms in total. The summed E-state index contributed by atoms with van der Waals surface area (Å²) in [4.78, 5) is 4.37. The molecule has 0 radical (unpaired) electrons. The number of nitrogens with zero attached hydrogens (tertiary/aromatic N) is 2. The van der Waals surface area contributed by atoms with Gasteiger partial charge in [-0.05, 0) is 55.4 Å². The van der Waals surface area contributed by atoms with Gasteiger partial charge in [0.1, 0.15) is 5.83 Å². The van der Waals surface area contributed by atoms with Gasteiger partial charge in [-0.2, -0.15) is 5.26 Å². The normalized spacial score (nSPS) is 15.6. The monoisotopic (exact) mass is 573 g/mol. The number of aromatic nitrogens is 1. The first-order valence-corrected chi connectivity index (χ1v) is 15.5. The van der Waals surface area contributed by atoms with Crippen molar-refractivity contribution in [1.82, 2.24) is 10.3 Å². The van der Waals surface area contributed by atoms with E-state index < -0.39 is 0 Å². The molecule has 0 fully saturated rings. The van der Waals surface area contributed by atoms with E-state index in [1.165, 1.54) is 37.7 Å². The molecule has 1 heterocycles. The Hall–Kier alpha value is -3.45. The van der Waals surface area contributed by atoms with Crippen LogP contribution in [0.5, 0.6) is 0 Å². The van der Waals surface area contributed by atoms with Crippen LogP contribution in [0.15, 0.2) is 85.4 Å². The second-order valence-electron chi connectivity index (χ2n) is 11.3. The molecular formula is C38H56FN3. The number of benzene rings is 1. The van der Waals surface area contributed by atoms with E-state index in [1.807, 2.05) is 43.5 Å². The van der Waals surface area contributed by atoms with Crippen molar-refractivity contribution in [3.05, 3.63) is 96.5 Å². The van der Waals surface area contributed by atoms with Gasteiger partial charge in [0.25, 0.3) is 0 Å². The second-order valence-corrected chi connectivity index (χ2v) is 11.3. The van der Waals surface area contributed by atoms with Crippen molar-refractivity contribution in [3.63, 3.8) is 0 Å². The Balaban J connectivity index is 0.000000599. The second kappa shape index (κ2) is 22.2. The number of hydrogen-bond acceptors (Lipinski definition) is 3. The first kappa shape index (κ1) is 38.6. The van der Waals surface area contributed by atoms with Crippen LogP contribution in [-0.2, 0) is 0 Å². The van der Waals surface area contributed by atoms with Crippen LogP contribution >= 0.6 is 0 Å². The predicted molar refractivity (Wildman–Crippen MR) is 183 cm³/mol. The highest BCUT2D eigenvalue weighted by Gasteiger charge is 2.23. The van der Waals surface area contributed by atoms with Crippen LogP contribution in [0.4, 0.5) is 4.39 Å². The quantitative estimate of drug-likeness (QED) is 0.288. The molecule has 2 unspecified atom stereocenters. The van der Waals surface area contributed by atoms with Crippen LogP contribution in [0.2, 0.25) is 0 Å². The zero-order chi connectivity index (χ0) is 32.0. The van der Waals surface area contributed by atoms with Crippen molar-refractivity contribution in [3.8, 4) is 17.3 Å². The van der Waals surface area contributed by atoms with Gasteiger partial charge in [0, 0.05) is 36.5 Å². The predicted octanol–water partition coefficient (Wildman–Crippen LogP) is 11.6. The standard InChI is InChI=1S/C15H13N3.C10H15F.C8H16.C5H12/c1-11(17-2)13-7-8-15(18-10-13)14-6-4-3-5-12(14)9-16;1-3-6-10(2)7-4-5-9(11)8-10;1-5-6-8(4)7(2)3;1-3-5-4-2/h3-8,10,17H,1H2,2H3;4-5,7H,3,6,8H2,1-2H3;8H,2,5-6H2,1,3-4H3;3-5H2,1-2H3. The van der Waals surface area contributed by atoms with Crippen LogP contribution in [0, 0.1) is 22.7 Å². The Morgan fingerprint density at radius 3 is 2.17 bits per heavy atom. The lowest BCUT2D eigenvalue weighted by atomic mass is 9.79. The average Bonchev–Trinajstić information content (AvgIpc) is 2.98. The van der Waals surface area contributed by atoms with Crippen LogP contribution < -0.4 is 5.32 Å². The maximum Gasteiger partial charge on any atom is 0.101 e. The van der Waals surface area contributed by atoms with E-state index in [0.29, 0.717) is 12.0 Å². The summed E-state index contributed by atoms with van der Waals surface area (Å²) in [6, 6.07) is 13.4. The molecule has 0 saturated carbocycles. The largest absolute Gasteiger partial charge is 0.388 e. The Morgan fingerprint density at radius 1 is 1.07 bits per heavy atom. The molecule has 2 atom stereocenters. The zero-order valence-corrected chi connectivity index (χ0v) is 27.7. The van der Waals surface area contributed by atoms with Gasteiger partial charge in [0.2, 0.25) is 0 Å². The minimum atomic E-state index is 0.0171. The molecule has 0 aliphatic heterocycles. The van der Waals surface area contributed by atoms with Gasteiger partial charge in [0.15, 0.2) is 0 Å². The molecule has 1 aliphatic carbocycles. The molecule has 3 rings (SSSR count). The van der Waals surface area contributed by atoms with E-state index in [9.17, 15) is 4.39 Å². The number of nitriles is 1. The highest BCUT2D eigenvalue weighted by Crippen LogP contribution is 2.35. The summed E-state index contributed by atoms with van der Waals surface area (Å²) in [5.41, 5.74) is 5.42. The lowest BCUT2D eigenvalue weighted by Gasteiger charge is -2.26. The summed E-state index contributed by atoms with van der Waals surface area (Å²) in [7, 11) is 1.82. The number of allylic oxidation sites excluding steroid dienone is 5. The van der Waals surface area contributed by atoms with Crippen molar-refractivity contribution >= 4 is 5.70 Å². The molecule has 1 aromatic carbocycles. The van der Waals surface area contributed by atoms with Crippen LogP contribution in [-0.4, -0.2) is 12.0 Å². The Labute approximate surface area is 257 Å². The summed E-state index contributed by atoms with van der Waals surface area (Å²) in [6.07, 6.45) is 16.7. The summed E-state index contributed by atoms with van der Waals surface area (Å²) in [5, 5.41) is 12.0. The first-order chi connectivity index (χ1) is 20.0. The number of rotatable bonds is 10. The number of unbranched alkanes of at least 4 members (excludes halogenated alkanes) is 2. The highest BCUT2D eigenvalue weighted by atomic mass is 19.1. The summed E-state index contributed by atoms with van der Waals surface area (Å²) in [5.74, 6) is 0.739. The molecule has 0 spiro atoms. The summed E-state index contributed by atoms with van der Waals surface area (Å²) >= 11 is 0. The molecule has 1 aliphatic rings. The molecule has 42 heavy (non-hydrogen) atoms. The average molecular weight is 574 g/mol. The van der Waals surface area contributed by atoms with E-state index in [-0.39, 0.29) is 11.2 Å². The van der Waals surface area contributed by atoms with Gasteiger partial charge < -0.3 is 5.32 Å². The van der Waals surface area contributed by atoms with Gasteiger partial charge in [-0.15, -0.1) is 0 Å². The maximum atomic E-state index is 12.8. The SMILES string of the molecule is C=C(C)C(C)CCC.C=C(NC)c1ccc(-c2ccccc2C#N)nc1.CCCC1(C)C=CC=C(F)C1.CCCCC. The minimum absolute atomic E-state index is 0.0171. The maximum absolute atomic E-state index is 12.8. The van der Waals surface area contributed by atoms with Gasteiger partial charge >= 0.3 is 0 Å². The molecule has 1 N–H and O–H groups in total. The summed E-state index contributed by atoms with van der Waals surface area (Å²) in [6.45, 7) is 23.0. The van der Waals surface area contributed by atoms with Crippen LogP contribution in [0.1, 0.15) is 111 Å². The number of nitrogens with one attached hydrogen (secondary N) is 1. The van der Waals surface area contributed by atoms with E-state index >= 15 is 0 Å². The molecule has 0 amide bonds. The third kappa shape index (κ3) is 15.5. The molecule has 0 bridgehead atoms. The van der Waals surface area contributed by atoms with Crippen molar-refractivity contribution in [2.45, 2.75) is 99.8 Å². The van der Waals surface area contributed by atoms with Crippen LogP contribution in [0.3, 0.4) is 0 Å². The molecule has 4 heteroatoms. The number of hydrogen-bond donors (Lipinski definition) is 1. The number of pyridine rings is 1. The van der Waals surface area contributed by atoms with Crippen molar-refractivity contribution < 1.29 is 4.39 Å². The van der Waals surface area contributed by atoms with Crippen LogP contribution in [0.25, 0.3) is 17.0 Å². The first-order valence-electron chi connectivity index (χ1n) is 15.5. The van der Waals surface area contributed by atoms with E-state index in [4.69, 9.17) is 5.26 Å². The summed E-state index contributed by atoms with van der Waals surface area (Å²) < 4.78 is 12.8. The van der Waals surface area contributed by atoms with Gasteiger partial charge in [0.05, 0.1) is 17.3 Å². The molecule has 1 aromatic heterocycles. The fourth-order valence-corrected chi connectivity index (χ4v) is 4.34. The molecule has 0 saturated heterocycles. The van der Waals surface area contributed by atoms with Gasteiger partial charge in [-0.3, -0.25) is 4.98 Å². The van der Waals surface area contributed by atoms with E-state index in [2.05, 4.69) is 84.1 Å². The smallest absolute Gasteiger partial charge is 0.101 e. The highest BCUT2D eigenvalue weighted by molar-refractivity contribution is 5.69. The zero-order valence-electron chi connectivity index (χ0n) is 27.7. The molecular weight excluding hydrogens is 517 g/mol.